The lowest BCUT2D eigenvalue weighted by Crippen LogP contribution is -2.13. The minimum Gasteiger partial charge on any atom is -0.478 e. The number of aromatic nitrogens is 5. The van der Waals surface area contributed by atoms with Crippen LogP contribution in [-0.2, 0) is 7.05 Å². The molecule has 0 aliphatic rings. The first-order valence-electron chi connectivity index (χ1n) is 6.55. The number of carboxylic acids is 1. The van der Waals surface area contributed by atoms with Gasteiger partial charge in [0.2, 0.25) is 0 Å². The summed E-state index contributed by atoms with van der Waals surface area (Å²) in [6, 6.07) is 4.84. The maximum atomic E-state index is 11.2. The highest BCUT2D eigenvalue weighted by atomic mass is 16.4. The van der Waals surface area contributed by atoms with Gasteiger partial charge in [0.05, 0.1) is 22.6 Å². The van der Waals surface area contributed by atoms with Crippen molar-refractivity contribution in [1.82, 2.24) is 24.3 Å². The number of aromatic carboxylic acids is 1. The van der Waals surface area contributed by atoms with E-state index in [0.29, 0.717) is 0 Å². The number of nitrogens with zero attached hydrogens (tertiary/aromatic N) is 5. The zero-order valence-corrected chi connectivity index (χ0v) is 12.0. The molecule has 3 aromatic rings. The van der Waals surface area contributed by atoms with Crippen LogP contribution in [0.25, 0.3) is 11.0 Å². The van der Waals surface area contributed by atoms with E-state index in [-0.39, 0.29) is 11.6 Å². The maximum absolute atomic E-state index is 11.2. The first-order chi connectivity index (χ1) is 9.99. The maximum Gasteiger partial charge on any atom is 0.335 e. The number of benzene rings is 1. The van der Waals surface area contributed by atoms with Crippen LogP contribution in [0.15, 0.2) is 24.5 Å². The van der Waals surface area contributed by atoms with Gasteiger partial charge in [-0.15, -0.1) is 10.2 Å². The topological polar surface area (TPSA) is 85.8 Å². The Kier molecular flexibility index (Phi) is 2.97. The summed E-state index contributed by atoms with van der Waals surface area (Å²) in [4.78, 5) is 15.6. The summed E-state index contributed by atoms with van der Waals surface area (Å²) in [7, 11) is 1.88. The summed E-state index contributed by atoms with van der Waals surface area (Å²) in [6.45, 7) is 3.89. The van der Waals surface area contributed by atoms with Gasteiger partial charge in [0.25, 0.3) is 0 Å². The molecule has 0 amide bonds. The van der Waals surface area contributed by atoms with Crippen molar-refractivity contribution in [1.29, 1.82) is 0 Å². The van der Waals surface area contributed by atoms with E-state index < -0.39 is 5.97 Å². The number of hydrogen-bond acceptors (Lipinski definition) is 4. The third kappa shape index (κ3) is 2.06. The lowest BCUT2D eigenvalue weighted by molar-refractivity contribution is 0.0697. The number of imidazole rings is 1. The summed E-state index contributed by atoms with van der Waals surface area (Å²) in [5, 5.41) is 17.2. The van der Waals surface area contributed by atoms with E-state index in [2.05, 4.69) is 15.2 Å². The molecule has 21 heavy (non-hydrogen) atoms. The molecule has 0 fully saturated rings. The number of aryl methyl sites for hydroxylation is 2. The van der Waals surface area contributed by atoms with E-state index in [1.54, 1.807) is 24.5 Å². The second-order valence-corrected chi connectivity index (χ2v) is 5.01. The van der Waals surface area contributed by atoms with Gasteiger partial charge in [-0.3, -0.25) is 0 Å². The van der Waals surface area contributed by atoms with E-state index in [1.165, 1.54) is 0 Å². The molecular weight excluding hydrogens is 270 g/mol. The van der Waals surface area contributed by atoms with Crippen molar-refractivity contribution in [3.8, 4) is 0 Å². The predicted molar refractivity (Wildman–Crippen MR) is 76.2 cm³/mol. The fourth-order valence-corrected chi connectivity index (χ4v) is 2.62. The van der Waals surface area contributed by atoms with Crippen LogP contribution in [0.1, 0.15) is 35.0 Å². The Morgan fingerprint density at radius 1 is 1.38 bits per heavy atom. The van der Waals surface area contributed by atoms with Crippen molar-refractivity contribution in [3.05, 3.63) is 41.7 Å². The lowest BCUT2D eigenvalue weighted by atomic mass is 10.2. The Labute approximate surface area is 120 Å². The molecule has 1 unspecified atom stereocenters. The monoisotopic (exact) mass is 285 g/mol. The first kappa shape index (κ1) is 13.3. The molecule has 0 aliphatic carbocycles. The average Bonchev–Trinajstić information content (AvgIpc) is 2.99. The van der Waals surface area contributed by atoms with E-state index >= 15 is 0 Å². The molecular formula is C14H15N5O2. The summed E-state index contributed by atoms with van der Waals surface area (Å²) in [6.07, 6.45) is 1.64. The van der Waals surface area contributed by atoms with Crippen LogP contribution in [0.3, 0.4) is 0 Å². The Bertz CT molecular complexity index is 833. The van der Waals surface area contributed by atoms with Crippen LogP contribution in [0, 0.1) is 6.92 Å². The number of hydrogen-bond donors (Lipinski definition) is 1. The molecule has 0 bridgehead atoms. The van der Waals surface area contributed by atoms with Gasteiger partial charge >= 0.3 is 5.97 Å². The third-order valence-electron chi connectivity index (χ3n) is 3.62. The lowest BCUT2D eigenvalue weighted by Gasteiger charge is -2.15. The third-order valence-corrected chi connectivity index (χ3v) is 3.62. The van der Waals surface area contributed by atoms with Gasteiger partial charge in [0, 0.05) is 7.05 Å². The molecule has 0 spiro atoms. The van der Waals surface area contributed by atoms with Crippen molar-refractivity contribution in [2.24, 2.45) is 7.05 Å². The predicted octanol–water partition coefficient (Wildman–Crippen LogP) is 1.78. The molecule has 1 N–H and O–H groups in total. The van der Waals surface area contributed by atoms with Crippen LogP contribution >= 0.6 is 0 Å². The van der Waals surface area contributed by atoms with Crippen LogP contribution in [0.2, 0.25) is 0 Å². The Morgan fingerprint density at radius 3 is 2.76 bits per heavy atom. The van der Waals surface area contributed by atoms with E-state index in [1.807, 2.05) is 30.0 Å². The largest absolute Gasteiger partial charge is 0.478 e. The minimum absolute atomic E-state index is 0.0912. The van der Waals surface area contributed by atoms with Crippen LogP contribution in [0.4, 0.5) is 0 Å². The van der Waals surface area contributed by atoms with E-state index in [0.717, 1.165) is 22.7 Å². The fraction of sp³-hybridized carbons (Fsp3) is 0.286. The zero-order valence-electron chi connectivity index (χ0n) is 12.0. The van der Waals surface area contributed by atoms with Crippen molar-refractivity contribution < 1.29 is 9.90 Å². The van der Waals surface area contributed by atoms with E-state index in [4.69, 9.17) is 5.11 Å². The Morgan fingerprint density at radius 2 is 2.14 bits per heavy atom. The SMILES string of the molecule is Cc1nc2ccc(C(=O)O)cc2n1C(C)c1nncn1C. The minimum atomic E-state index is -0.950. The molecule has 0 aliphatic heterocycles. The highest BCUT2D eigenvalue weighted by Gasteiger charge is 2.19. The van der Waals surface area contributed by atoms with Crippen molar-refractivity contribution >= 4 is 17.0 Å². The highest BCUT2D eigenvalue weighted by Crippen LogP contribution is 2.25. The zero-order chi connectivity index (χ0) is 15.1. The highest BCUT2D eigenvalue weighted by molar-refractivity contribution is 5.92. The molecule has 108 valence electrons. The molecule has 3 rings (SSSR count). The molecule has 1 aromatic carbocycles. The molecule has 7 nitrogen and oxygen atoms in total. The van der Waals surface area contributed by atoms with Gasteiger partial charge in [0.15, 0.2) is 5.82 Å². The number of carbonyl (C=O) groups is 1. The van der Waals surface area contributed by atoms with Gasteiger partial charge in [-0.1, -0.05) is 0 Å². The number of fused-ring (bicyclic) bond motifs is 1. The van der Waals surface area contributed by atoms with Crippen molar-refractivity contribution in [2.45, 2.75) is 19.9 Å². The van der Waals surface area contributed by atoms with Crippen molar-refractivity contribution in [3.63, 3.8) is 0 Å². The smallest absolute Gasteiger partial charge is 0.335 e. The fourth-order valence-electron chi connectivity index (χ4n) is 2.62. The quantitative estimate of drug-likeness (QED) is 0.792. The molecule has 0 radical (unpaired) electrons. The summed E-state index contributed by atoms with van der Waals surface area (Å²) < 4.78 is 3.82. The van der Waals surface area contributed by atoms with Gasteiger partial charge in [-0.05, 0) is 32.0 Å². The van der Waals surface area contributed by atoms with Gasteiger partial charge in [-0.25, -0.2) is 9.78 Å². The average molecular weight is 285 g/mol. The van der Waals surface area contributed by atoms with Crippen LogP contribution in [0.5, 0.6) is 0 Å². The first-order valence-corrected chi connectivity index (χ1v) is 6.55. The summed E-state index contributed by atoms with van der Waals surface area (Å²) >= 11 is 0. The second kappa shape index (κ2) is 4.69. The normalized spacial score (nSPS) is 12.7. The number of carboxylic acid groups (broad SMARTS) is 1. The molecule has 7 heteroatoms. The number of rotatable bonds is 3. The summed E-state index contributed by atoms with van der Waals surface area (Å²) in [5.74, 6) is 0.648. The molecule has 0 saturated heterocycles. The van der Waals surface area contributed by atoms with Crippen LogP contribution in [-0.4, -0.2) is 35.4 Å². The van der Waals surface area contributed by atoms with Gasteiger partial charge in [0.1, 0.15) is 12.2 Å². The van der Waals surface area contributed by atoms with Crippen LogP contribution < -0.4 is 0 Å². The Balaban J connectivity index is 2.21. The van der Waals surface area contributed by atoms with E-state index in [9.17, 15) is 4.79 Å². The van der Waals surface area contributed by atoms with Gasteiger partial charge < -0.3 is 14.2 Å². The second-order valence-electron chi connectivity index (χ2n) is 5.01. The molecule has 0 saturated carbocycles. The standard InChI is InChI=1S/C14H15N5O2/c1-8(13-17-15-7-18(13)3)19-9(2)16-11-5-4-10(14(20)21)6-12(11)19/h4-8H,1-3H3,(H,20,21). The molecule has 2 heterocycles. The Hall–Kier alpha value is -2.70. The van der Waals surface area contributed by atoms with Crippen molar-refractivity contribution in [2.75, 3.05) is 0 Å². The molecule has 2 aromatic heterocycles. The molecule has 1 atom stereocenters. The van der Waals surface area contributed by atoms with Gasteiger partial charge in [-0.2, -0.15) is 0 Å². The summed E-state index contributed by atoms with van der Waals surface area (Å²) in [5.41, 5.74) is 1.79.